The maximum Gasteiger partial charge on any atom is 0.264 e. The topological polar surface area (TPSA) is 12.9 Å². The molecular weight excluding hydrogens is 196 g/mol. The molecular formula is C12H11F2N. The normalized spacial score (nSPS) is 14.8. The molecule has 2 rings (SSSR count). The number of halogens is 2. The van der Waals surface area contributed by atoms with E-state index in [0.717, 1.165) is 12.0 Å². The van der Waals surface area contributed by atoms with Crippen LogP contribution in [0.15, 0.2) is 30.5 Å². The molecule has 0 unspecified atom stereocenters. The molecule has 0 saturated carbocycles. The Hall–Kier alpha value is -1.51. The van der Waals surface area contributed by atoms with Crippen LogP contribution in [0.5, 0.6) is 0 Å². The highest BCUT2D eigenvalue weighted by Gasteiger charge is 2.17. The van der Waals surface area contributed by atoms with Crippen LogP contribution in [0.4, 0.5) is 8.78 Å². The Morgan fingerprint density at radius 1 is 1.40 bits per heavy atom. The van der Waals surface area contributed by atoms with Gasteiger partial charge in [-0.05, 0) is 25.0 Å². The highest BCUT2D eigenvalue weighted by Crippen LogP contribution is 2.32. The molecule has 0 fully saturated rings. The average molecular weight is 207 g/mol. The SMILES string of the molecule is Cc1nccc(C(F)F)c1C1=CCC=C1. The lowest BCUT2D eigenvalue weighted by atomic mass is 10.00. The van der Waals surface area contributed by atoms with Crippen molar-refractivity contribution < 1.29 is 8.78 Å². The van der Waals surface area contributed by atoms with Gasteiger partial charge in [-0.3, -0.25) is 4.98 Å². The van der Waals surface area contributed by atoms with E-state index in [1.165, 1.54) is 12.3 Å². The molecule has 0 aliphatic heterocycles. The van der Waals surface area contributed by atoms with Crippen LogP contribution in [-0.4, -0.2) is 4.98 Å². The van der Waals surface area contributed by atoms with E-state index >= 15 is 0 Å². The summed E-state index contributed by atoms with van der Waals surface area (Å²) in [5.74, 6) is 0. The lowest BCUT2D eigenvalue weighted by Gasteiger charge is -2.10. The smallest absolute Gasteiger partial charge is 0.261 e. The lowest BCUT2D eigenvalue weighted by Crippen LogP contribution is -1.98. The summed E-state index contributed by atoms with van der Waals surface area (Å²) in [6, 6.07) is 1.39. The number of hydrogen-bond donors (Lipinski definition) is 0. The molecule has 1 heterocycles. The Balaban J connectivity index is 2.57. The van der Waals surface area contributed by atoms with E-state index < -0.39 is 6.43 Å². The maximum absolute atomic E-state index is 12.8. The molecule has 78 valence electrons. The van der Waals surface area contributed by atoms with Crippen molar-refractivity contribution in [3.8, 4) is 0 Å². The Morgan fingerprint density at radius 3 is 2.80 bits per heavy atom. The minimum Gasteiger partial charge on any atom is -0.261 e. The van der Waals surface area contributed by atoms with Crippen LogP contribution >= 0.6 is 0 Å². The molecule has 1 aliphatic carbocycles. The number of nitrogens with zero attached hydrogens (tertiary/aromatic N) is 1. The van der Waals surface area contributed by atoms with Crippen molar-refractivity contribution in [2.24, 2.45) is 0 Å². The number of hydrogen-bond acceptors (Lipinski definition) is 1. The fourth-order valence-corrected chi connectivity index (χ4v) is 1.79. The van der Waals surface area contributed by atoms with Crippen LogP contribution in [0.3, 0.4) is 0 Å². The number of aryl methyl sites for hydroxylation is 1. The van der Waals surface area contributed by atoms with Gasteiger partial charge in [0.2, 0.25) is 0 Å². The third kappa shape index (κ3) is 1.82. The number of allylic oxidation sites excluding steroid dienone is 4. The van der Waals surface area contributed by atoms with Gasteiger partial charge < -0.3 is 0 Å². The number of rotatable bonds is 2. The number of pyridine rings is 1. The molecule has 0 atom stereocenters. The molecule has 3 heteroatoms. The average Bonchev–Trinajstić information content (AvgIpc) is 2.70. The van der Waals surface area contributed by atoms with Gasteiger partial charge in [0.15, 0.2) is 0 Å². The van der Waals surface area contributed by atoms with Gasteiger partial charge in [0.05, 0.1) is 0 Å². The number of alkyl halides is 2. The van der Waals surface area contributed by atoms with E-state index in [-0.39, 0.29) is 5.56 Å². The molecule has 1 aromatic rings. The standard InChI is InChI=1S/C12H11F2N/c1-8-11(9-4-2-3-5-9)10(12(13)14)6-7-15-8/h2,4-7,12H,3H2,1H3. The van der Waals surface area contributed by atoms with E-state index in [1.807, 2.05) is 18.2 Å². The molecule has 0 N–H and O–H groups in total. The minimum absolute atomic E-state index is 0.0697. The van der Waals surface area contributed by atoms with Gasteiger partial charge in [-0.25, -0.2) is 8.78 Å². The largest absolute Gasteiger partial charge is 0.264 e. The second-order valence-electron chi connectivity index (χ2n) is 3.46. The Kier molecular flexibility index (Phi) is 2.62. The van der Waals surface area contributed by atoms with Crippen molar-refractivity contribution in [2.75, 3.05) is 0 Å². The van der Waals surface area contributed by atoms with E-state index in [9.17, 15) is 8.78 Å². The summed E-state index contributed by atoms with van der Waals surface area (Å²) in [7, 11) is 0. The summed E-state index contributed by atoms with van der Waals surface area (Å²) in [4.78, 5) is 4.06. The molecule has 0 radical (unpaired) electrons. The summed E-state index contributed by atoms with van der Waals surface area (Å²) in [6.45, 7) is 1.76. The van der Waals surface area contributed by atoms with Gasteiger partial charge in [0, 0.05) is 23.0 Å². The van der Waals surface area contributed by atoms with Gasteiger partial charge in [-0.15, -0.1) is 0 Å². The second-order valence-corrected chi connectivity index (χ2v) is 3.46. The number of aromatic nitrogens is 1. The minimum atomic E-state index is -2.45. The zero-order chi connectivity index (χ0) is 10.8. The van der Waals surface area contributed by atoms with Gasteiger partial charge in [0.25, 0.3) is 6.43 Å². The Labute approximate surface area is 87.2 Å². The molecule has 0 aromatic carbocycles. The van der Waals surface area contributed by atoms with Crippen molar-refractivity contribution in [1.29, 1.82) is 0 Å². The molecule has 0 saturated heterocycles. The fourth-order valence-electron chi connectivity index (χ4n) is 1.79. The van der Waals surface area contributed by atoms with E-state index in [4.69, 9.17) is 0 Å². The Morgan fingerprint density at radius 2 is 2.20 bits per heavy atom. The van der Waals surface area contributed by atoms with E-state index in [1.54, 1.807) is 6.92 Å². The molecule has 0 spiro atoms. The van der Waals surface area contributed by atoms with Crippen LogP contribution < -0.4 is 0 Å². The molecule has 0 amide bonds. The van der Waals surface area contributed by atoms with Gasteiger partial charge in [0.1, 0.15) is 0 Å². The third-order valence-electron chi connectivity index (χ3n) is 2.47. The van der Waals surface area contributed by atoms with Crippen LogP contribution in [0, 0.1) is 6.92 Å². The van der Waals surface area contributed by atoms with Crippen LogP contribution in [0.2, 0.25) is 0 Å². The lowest BCUT2D eigenvalue weighted by molar-refractivity contribution is 0.151. The van der Waals surface area contributed by atoms with Gasteiger partial charge in [-0.2, -0.15) is 0 Å². The van der Waals surface area contributed by atoms with Gasteiger partial charge >= 0.3 is 0 Å². The van der Waals surface area contributed by atoms with Crippen molar-refractivity contribution in [2.45, 2.75) is 19.8 Å². The summed E-state index contributed by atoms with van der Waals surface area (Å²) in [5.41, 5.74) is 2.17. The molecule has 1 nitrogen and oxygen atoms in total. The maximum atomic E-state index is 12.8. The first-order valence-corrected chi connectivity index (χ1v) is 4.81. The van der Waals surface area contributed by atoms with Crippen LogP contribution in [0.25, 0.3) is 5.57 Å². The first-order chi connectivity index (χ1) is 7.20. The Bertz CT molecular complexity index is 433. The molecule has 1 aliphatic rings. The predicted octanol–water partition coefficient (Wildman–Crippen LogP) is 3.67. The molecule has 0 bridgehead atoms. The predicted molar refractivity (Wildman–Crippen MR) is 55.7 cm³/mol. The molecule has 15 heavy (non-hydrogen) atoms. The van der Waals surface area contributed by atoms with Crippen molar-refractivity contribution in [3.63, 3.8) is 0 Å². The van der Waals surface area contributed by atoms with Crippen LogP contribution in [-0.2, 0) is 0 Å². The first-order valence-electron chi connectivity index (χ1n) is 4.81. The third-order valence-corrected chi connectivity index (χ3v) is 2.47. The monoisotopic (exact) mass is 207 g/mol. The zero-order valence-electron chi connectivity index (χ0n) is 8.37. The highest BCUT2D eigenvalue weighted by atomic mass is 19.3. The second kappa shape index (κ2) is 3.93. The molecule has 1 aromatic heterocycles. The quantitative estimate of drug-likeness (QED) is 0.721. The van der Waals surface area contributed by atoms with Crippen LogP contribution in [0.1, 0.15) is 29.7 Å². The van der Waals surface area contributed by atoms with E-state index in [0.29, 0.717) is 11.3 Å². The fraction of sp³-hybridized carbons (Fsp3) is 0.250. The summed E-state index contributed by atoms with van der Waals surface area (Å²) in [5, 5.41) is 0. The van der Waals surface area contributed by atoms with Crippen molar-refractivity contribution >= 4 is 5.57 Å². The summed E-state index contributed by atoms with van der Waals surface area (Å²) in [6.07, 6.45) is 5.56. The van der Waals surface area contributed by atoms with Gasteiger partial charge in [-0.1, -0.05) is 18.2 Å². The summed E-state index contributed by atoms with van der Waals surface area (Å²) < 4.78 is 25.6. The zero-order valence-corrected chi connectivity index (χ0v) is 8.37. The summed E-state index contributed by atoms with van der Waals surface area (Å²) >= 11 is 0. The highest BCUT2D eigenvalue weighted by molar-refractivity contribution is 5.79. The van der Waals surface area contributed by atoms with Crippen molar-refractivity contribution in [3.05, 3.63) is 47.3 Å². The first kappa shape index (κ1) is 10.0. The van der Waals surface area contributed by atoms with Crippen molar-refractivity contribution in [1.82, 2.24) is 4.98 Å². The van der Waals surface area contributed by atoms with E-state index in [2.05, 4.69) is 4.98 Å².